The lowest BCUT2D eigenvalue weighted by Crippen LogP contribution is -2.27. The molecule has 0 heterocycles. The van der Waals surface area contributed by atoms with Gasteiger partial charge in [0.15, 0.2) is 0 Å². The standard InChI is InChI=1S/C16H14BrNO/c17-13-6-8-14(9-7-13)18-15(19)16(10-11-16)12-4-2-1-3-5-12/h1-9H,10-11H2,(H,18,19). The van der Waals surface area contributed by atoms with E-state index in [1.54, 1.807) is 0 Å². The second-order valence-electron chi connectivity index (χ2n) is 4.91. The first-order chi connectivity index (χ1) is 9.21. The van der Waals surface area contributed by atoms with Gasteiger partial charge in [0.2, 0.25) is 5.91 Å². The Balaban J connectivity index is 1.79. The molecule has 1 amide bonds. The molecule has 1 aliphatic carbocycles. The van der Waals surface area contributed by atoms with Crippen molar-refractivity contribution >= 4 is 27.5 Å². The maximum absolute atomic E-state index is 12.5. The van der Waals surface area contributed by atoms with E-state index in [4.69, 9.17) is 0 Å². The molecule has 0 saturated heterocycles. The summed E-state index contributed by atoms with van der Waals surface area (Å²) in [6, 6.07) is 17.7. The van der Waals surface area contributed by atoms with Crippen LogP contribution in [0.15, 0.2) is 59.1 Å². The molecule has 3 rings (SSSR count). The molecule has 0 bridgehead atoms. The first-order valence-electron chi connectivity index (χ1n) is 6.33. The lowest BCUT2D eigenvalue weighted by Gasteiger charge is -2.15. The zero-order valence-electron chi connectivity index (χ0n) is 10.4. The molecule has 2 aromatic carbocycles. The molecule has 1 fully saturated rings. The Kier molecular flexibility index (Phi) is 3.15. The molecule has 1 N–H and O–H groups in total. The van der Waals surface area contributed by atoms with E-state index in [9.17, 15) is 4.79 Å². The predicted molar refractivity (Wildman–Crippen MR) is 80.1 cm³/mol. The number of halogens is 1. The third kappa shape index (κ3) is 2.43. The van der Waals surface area contributed by atoms with Gasteiger partial charge < -0.3 is 5.32 Å². The molecule has 0 unspecified atom stereocenters. The van der Waals surface area contributed by atoms with Crippen molar-refractivity contribution < 1.29 is 4.79 Å². The van der Waals surface area contributed by atoms with Crippen LogP contribution in [0.2, 0.25) is 0 Å². The lowest BCUT2D eigenvalue weighted by molar-refractivity contribution is -0.118. The molecule has 1 aliphatic rings. The molecule has 2 nitrogen and oxygen atoms in total. The van der Waals surface area contributed by atoms with Crippen LogP contribution in [0.5, 0.6) is 0 Å². The van der Waals surface area contributed by atoms with Gasteiger partial charge in [0.25, 0.3) is 0 Å². The smallest absolute Gasteiger partial charge is 0.235 e. The van der Waals surface area contributed by atoms with Gasteiger partial charge in [-0.05, 0) is 42.7 Å². The lowest BCUT2D eigenvalue weighted by atomic mass is 9.95. The summed E-state index contributed by atoms with van der Waals surface area (Å²) in [5.74, 6) is 0.0982. The molecule has 2 aromatic rings. The maximum atomic E-state index is 12.5. The zero-order valence-corrected chi connectivity index (χ0v) is 12.0. The minimum Gasteiger partial charge on any atom is -0.325 e. The number of nitrogens with one attached hydrogen (secondary N) is 1. The maximum Gasteiger partial charge on any atom is 0.235 e. The van der Waals surface area contributed by atoms with E-state index in [0.29, 0.717) is 0 Å². The van der Waals surface area contributed by atoms with Gasteiger partial charge in [0.05, 0.1) is 5.41 Å². The number of carbonyl (C=O) groups is 1. The molecule has 0 aromatic heterocycles. The quantitative estimate of drug-likeness (QED) is 0.907. The summed E-state index contributed by atoms with van der Waals surface area (Å²) in [4.78, 5) is 12.5. The fraction of sp³-hybridized carbons (Fsp3) is 0.188. The average molecular weight is 316 g/mol. The Morgan fingerprint density at radius 3 is 2.21 bits per heavy atom. The van der Waals surface area contributed by atoms with E-state index in [1.807, 2.05) is 54.6 Å². The van der Waals surface area contributed by atoms with Gasteiger partial charge in [0.1, 0.15) is 0 Å². The van der Waals surface area contributed by atoms with Crippen molar-refractivity contribution in [3.05, 3.63) is 64.6 Å². The molecule has 0 atom stereocenters. The van der Waals surface area contributed by atoms with Crippen LogP contribution in [0.1, 0.15) is 18.4 Å². The van der Waals surface area contributed by atoms with Gasteiger partial charge in [-0.15, -0.1) is 0 Å². The monoisotopic (exact) mass is 315 g/mol. The van der Waals surface area contributed by atoms with Crippen LogP contribution in [0.3, 0.4) is 0 Å². The highest BCUT2D eigenvalue weighted by Crippen LogP contribution is 2.48. The molecule has 19 heavy (non-hydrogen) atoms. The first kappa shape index (κ1) is 12.4. The van der Waals surface area contributed by atoms with Crippen LogP contribution >= 0.6 is 15.9 Å². The molecule has 0 radical (unpaired) electrons. The third-order valence-electron chi connectivity index (χ3n) is 3.61. The zero-order chi connectivity index (χ0) is 13.3. The summed E-state index contributed by atoms with van der Waals surface area (Å²) in [6.07, 6.45) is 1.86. The van der Waals surface area contributed by atoms with Crippen LogP contribution < -0.4 is 5.32 Å². The largest absolute Gasteiger partial charge is 0.325 e. The second kappa shape index (κ2) is 4.82. The normalized spacial score (nSPS) is 15.8. The van der Waals surface area contributed by atoms with E-state index < -0.39 is 0 Å². The second-order valence-corrected chi connectivity index (χ2v) is 5.82. The third-order valence-corrected chi connectivity index (χ3v) is 4.14. The number of hydrogen-bond donors (Lipinski definition) is 1. The van der Waals surface area contributed by atoms with Crippen LogP contribution in [0, 0.1) is 0 Å². The number of hydrogen-bond acceptors (Lipinski definition) is 1. The van der Waals surface area contributed by atoms with Crippen molar-refractivity contribution in [1.29, 1.82) is 0 Å². The van der Waals surface area contributed by atoms with E-state index >= 15 is 0 Å². The molecule has 0 aliphatic heterocycles. The predicted octanol–water partition coefficient (Wildman–Crippen LogP) is 4.12. The first-order valence-corrected chi connectivity index (χ1v) is 7.13. The Hall–Kier alpha value is -1.61. The number of benzene rings is 2. The van der Waals surface area contributed by atoms with E-state index in [1.165, 1.54) is 0 Å². The van der Waals surface area contributed by atoms with Gasteiger partial charge in [-0.3, -0.25) is 4.79 Å². The van der Waals surface area contributed by atoms with E-state index in [0.717, 1.165) is 28.6 Å². The van der Waals surface area contributed by atoms with Gasteiger partial charge in [-0.25, -0.2) is 0 Å². The fourth-order valence-corrected chi connectivity index (χ4v) is 2.58. The summed E-state index contributed by atoms with van der Waals surface area (Å²) in [5.41, 5.74) is 1.65. The van der Waals surface area contributed by atoms with Crippen LogP contribution in [0.25, 0.3) is 0 Å². The fourth-order valence-electron chi connectivity index (χ4n) is 2.31. The molecule has 0 spiro atoms. The van der Waals surface area contributed by atoms with Crippen molar-refractivity contribution in [1.82, 2.24) is 0 Å². The van der Waals surface area contributed by atoms with Crippen molar-refractivity contribution in [2.45, 2.75) is 18.3 Å². The summed E-state index contributed by atoms with van der Waals surface area (Å²) in [5, 5.41) is 3.01. The molecular formula is C16H14BrNO. The number of anilines is 1. The Bertz CT molecular complexity index is 588. The van der Waals surface area contributed by atoms with Crippen molar-refractivity contribution in [3.63, 3.8) is 0 Å². The Morgan fingerprint density at radius 1 is 1.00 bits per heavy atom. The Morgan fingerprint density at radius 2 is 1.63 bits per heavy atom. The number of carbonyl (C=O) groups excluding carboxylic acids is 1. The topological polar surface area (TPSA) is 29.1 Å². The van der Waals surface area contributed by atoms with Crippen LogP contribution in [-0.2, 0) is 10.2 Å². The van der Waals surface area contributed by atoms with Crippen LogP contribution in [0.4, 0.5) is 5.69 Å². The van der Waals surface area contributed by atoms with Crippen molar-refractivity contribution in [2.75, 3.05) is 5.32 Å². The number of amides is 1. The van der Waals surface area contributed by atoms with Crippen molar-refractivity contribution in [3.8, 4) is 0 Å². The summed E-state index contributed by atoms with van der Waals surface area (Å²) >= 11 is 3.39. The average Bonchev–Trinajstić information content (AvgIpc) is 3.24. The highest BCUT2D eigenvalue weighted by Gasteiger charge is 2.51. The summed E-state index contributed by atoms with van der Waals surface area (Å²) < 4.78 is 1.01. The van der Waals surface area contributed by atoms with Crippen LogP contribution in [-0.4, -0.2) is 5.91 Å². The van der Waals surface area contributed by atoms with Gasteiger partial charge >= 0.3 is 0 Å². The summed E-state index contributed by atoms with van der Waals surface area (Å²) in [6.45, 7) is 0. The highest BCUT2D eigenvalue weighted by molar-refractivity contribution is 9.10. The van der Waals surface area contributed by atoms with Gasteiger partial charge in [-0.2, -0.15) is 0 Å². The molecular weight excluding hydrogens is 302 g/mol. The van der Waals surface area contributed by atoms with Gasteiger partial charge in [-0.1, -0.05) is 46.3 Å². The minimum absolute atomic E-state index is 0.0982. The van der Waals surface area contributed by atoms with E-state index in [-0.39, 0.29) is 11.3 Å². The molecule has 3 heteroatoms. The van der Waals surface area contributed by atoms with Gasteiger partial charge in [0, 0.05) is 10.2 Å². The minimum atomic E-state index is -0.311. The molecule has 96 valence electrons. The Labute approximate surface area is 121 Å². The van der Waals surface area contributed by atoms with E-state index in [2.05, 4.69) is 21.2 Å². The van der Waals surface area contributed by atoms with Crippen molar-refractivity contribution in [2.24, 2.45) is 0 Å². The SMILES string of the molecule is O=C(Nc1ccc(Br)cc1)C1(c2ccccc2)CC1. The molecule has 1 saturated carbocycles. The summed E-state index contributed by atoms with van der Waals surface area (Å²) in [7, 11) is 0. The highest BCUT2D eigenvalue weighted by atomic mass is 79.9. The number of rotatable bonds is 3.